The number of carbonyl (C=O) groups excluding carboxylic acids is 3. The fourth-order valence-electron chi connectivity index (χ4n) is 2.76. The number of hydrogen-bond acceptors (Lipinski definition) is 4. The predicted molar refractivity (Wildman–Crippen MR) is 117 cm³/mol. The van der Waals surface area contributed by atoms with E-state index in [1.807, 2.05) is 0 Å². The van der Waals surface area contributed by atoms with E-state index in [0.717, 1.165) is 5.56 Å². The first kappa shape index (κ1) is 21.6. The average Bonchev–Trinajstić information content (AvgIpc) is 3.30. The lowest BCUT2D eigenvalue weighted by atomic mass is 10.1. The minimum Gasteiger partial charge on any atom is -0.465 e. The van der Waals surface area contributed by atoms with Gasteiger partial charge < -0.3 is 20.0 Å². The third-order valence-corrected chi connectivity index (χ3v) is 4.42. The van der Waals surface area contributed by atoms with Crippen LogP contribution in [0, 0.1) is 0 Å². The third kappa shape index (κ3) is 5.93. The molecule has 1 aromatic heterocycles. The van der Waals surface area contributed by atoms with Crippen LogP contribution < -0.4 is 10.6 Å². The minimum atomic E-state index is -0.464. The molecule has 0 unspecified atom stereocenters. The van der Waals surface area contributed by atoms with Gasteiger partial charge in [0.05, 0.1) is 6.26 Å². The number of nitrogens with one attached hydrogen (secondary N) is 2. The number of hydrogen-bond donors (Lipinski definition) is 2. The van der Waals surface area contributed by atoms with Crippen molar-refractivity contribution < 1.29 is 18.8 Å². The molecule has 31 heavy (non-hydrogen) atoms. The molecular weight excluding hydrogens is 394 g/mol. The molecule has 158 valence electrons. The summed E-state index contributed by atoms with van der Waals surface area (Å²) in [5.41, 5.74) is 1.87. The van der Waals surface area contributed by atoms with Crippen LogP contribution in [0.3, 0.4) is 0 Å². The van der Waals surface area contributed by atoms with Crippen molar-refractivity contribution in [3.8, 4) is 0 Å². The van der Waals surface area contributed by atoms with Gasteiger partial charge in [-0.25, -0.2) is 0 Å². The van der Waals surface area contributed by atoms with Gasteiger partial charge in [-0.3, -0.25) is 14.4 Å². The van der Waals surface area contributed by atoms with Gasteiger partial charge in [0.1, 0.15) is 11.5 Å². The van der Waals surface area contributed by atoms with Crippen molar-refractivity contribution in [2.24, 2.45) is 0 Å². The van der Waals surface area contributed by atoms with Crippen LogP contribution >= 0.6 is 0 Å². The summed E-state index contributed by atoms with van der Waals surface area (Å²) < 4.78 is 5.28. The Labute approximate surface area is 180 Å². The van der Waals surface area contributed by atoms with Crippen LogP contribution in [0.2, 0.25) is 0 Å². The van der Waals surface area contributed by atoms with Crippen LogP contribution in [0.1, 0.15) is 32.0 Å². The Hall–Kier alpha value is -4.13. The zero-order chi connectivity index (χ0) is 22.2. The van der Waals surface area contributed by atoms with Gasteiger partial charge in [0.15, 0.2) is 0 Å². The molecule has 0 aliphatic carbocycles. The molecule has 0 radical (unpaired) electrons. The number of nitrogens with zero attached hydrogens (tertiary/aromatic N) is 1. The molecule has 0 fully saturated rings. The molecule has 0 saturated carbocycles. The number of amides is 3. The Bertz CT molecular complexity index is 1070. The molecular formula is C24H23N3O4. The topological polar surface area (TPSA) is 91.7 Å². The van der Waals surface area contributed by atoms with Gasteiger partial charge in [-0.1, -0.05) is 30.3 Å². The van der Waals surface area contributed by atoms with Crippen LogP contribution in [-0.4, -0.2) is 36.7 Å². The lowest BCUT2D eigenvalue weighted by Gasteiger charge is -2.12. The SMILES string of the molecule is CN(C)C(=O)c1ccc(CNC(=O)C(=Cc2ccco2)NC(=O)c2ccccc2)cc1. The number of rotatable bonds is 7. The van der Waals surface area contributed by atoms with Crippen LogP contribution in [-0.2, 0) is 11.3 Å². The second-order valence-electron chi connectivity index (χ2n) is 6.97. The van der Waals surface area contributed by atoms with E-state index in [4.69, 9.17) is 4.42 Å². The standard InChI is InChI=1S/C24H23N3O4/c1-27(2)24(30)19-12-10-17(11-13-19)16-25-23(29)21(15-20-9-6-14-31-20)26-22(28)18-7-4-3-5-8-18/h3-15H,16H2,1-2H3,(H,25,29)(H,26,28). The average molecular weight is 417 g/mol. The second kappa shape index (κ2) is 10.1. The van der Waals surface area contributed by atoms with Crippen LogP contribution in [0.5, 0.6) is 0 Å². The molecule has 0 spiro atoms. The highest BCUT2D eigenvalue weighted by Crippen LogP contribution is 2.10. The Morgan fingerprint density at radius 2 is 1.61 bits per heavy atom. The first-order valence-electron chi connectivity index (χ1n) is 9.64. The molecule has 3 amide bonds. The first-order valence-corrected chi connectivity index (χ1v) is 9.64. The first-order chi connectivity index (χ1) is 14.9. The smallest absolute Gasteiger partial charge is 0.268 e. The van der Waals surface area contributed by atoms with E-state index in [1.54, 1.807) is 80.8 Å². The Kier molecular flexibility index (Phi) is 7.01. The zero-order valence-electron chi connectivity index (χ0n) is 17.3. The monoisotopic (exact) mass is 417 g/mol. The van der Waals surface area contributed by atoms with Crippen molar-refractivity contribution >= 4 is 23.8 Å². The molecule has 2 N–H and O–H groups in total. The maximum atomic E-state index is 12.8. The molecule has 3 rings (SSSR count). The van der Waals surface area contributed by atoms with Gasteiger partial charge >= 0.3 is 0 Å². The minimum absolute atomic E-state index is 0.0585. The summed E-state index contributed by atoms with van der Waals surface area (Å²) >= 11 is 0. The fraction of sp³-hybridized carbons (Fsp3) is 0.125. The van der Waals surface area contributed by atoms with Crippen LogP contribution in [0.25, 0.3) is 6.08 Å². The van der Waals surface area contributed by atoms with Crippen molar-refractivity contribution in [2.45, 2.75) is 6.54 Å². The Morgan fingerprint density at radius 1 is 0.903 bits per heavy atom. The van der Waals surface area contributed by atoms with E-state index in [9.17, 15) is 14.4 Å². The lowest BCUT2D eigenvalue weighted by Crippen LogP contribution is -2.34. The van der Waals surface area contributed by atoms with Crippen molar-refractivity contribution in [1.29, 1.82) is 0 Å². The normalized spacial score (nSPS) is 11.0. The van der Waals surface area contributed by atoms with E-state index >= 15 is 0 Å². The summed E-state index contributed by atoms with van der Waals surface area (Å²) in [6, 6.07) is 19.0. The number of carbonyl (C=O) groups is 3. The largest absolute Gasteiger partial charge is 0.465 e. The highest BCUT2D eigenvalue weighted by Gasteiger charge is 2.15. The van der Waals surface area contributed by atoms with E-state index in [2.05, 4.69) is 10.6 Å². The van der Waals surface area contributed by atoms with Gasteiger partial charge in [0.25, 0.3) is 17.7 Å². The summed E-state index contributed by atoms with van der Waals surface area (Å²) in [6.07, 6.45) is 2.95. The van der Waals surface area contributed by atoms with E-state index in [1.165, 1.54) is 17.2 Å². The van der Waals surface area contributed by atoms with Gasteiger partial charge in [-0.2, -0.15) is 0 Å². The highest BCUT2D eigenvalue weighted by molar-refractivity contribution is 6.05. The maximum absolute atomic E-state index is 12.8. The molecule has 0 atom stereocenters. The summed E-state index contributed by atoms with van der Waals surface area (Å²) in [4.78, 5) is 38.8. The van der Waals surface area contributed by atoms with Crippen molar-refractivity contribution in [3.63, 3.8) is 0 Å². The number of benzene rings is 2. The molecule has 0 aliphatic heterocycles. The summed E-state index contributed by atoms with van der Waals surface area (Å²) in [7, 11) is 3.38. The molecule has 1 heterocycles. The van der Waals surface area contributed by atoms with Gasteiger partial charge in [-0.05, 0) is 42.0 Å². The highest BCUT2D eigenvalue weighted by atomic mass is 16.3. The number of furan rings is 1. The second-order valence-corrected chi connectivity index (χ2v) is 6.97. The summed E-state index contributed by atoms with van der Waals surface area (Å²) in [5.74, 6) is -0.526. The van der Waals surface area contributed by atoms with Gasteiger partial charge in [-0.15, -0.1) is 0 Å². The summed E-state index contributed by atoms with van der Waals surface area (Å²) in [5, 5.41) is 5.42. The van der Waals surface area contributed by atoms with Crippen molar-refractivity contribution in [3.05, 3.63) is 101 Å². The maximum Gasteiger partial charge on any atom is 0.268 e. The lowest BCUT2D eigenvalue weighted by molar-refractivity contribution is -0.117. The van der Waals surface area contributed by atoms with Gasteiger partial charge in [0.2, 0.25) is 0 Å². The quantitative estimate of drug-likeness (QED) is 0.578. The molecule has 0 saturated heterocycles. The third-order valence-electron chi connectivity index (χ3n) is 4.42. The van der Waals surface area contributed by atoms with Gasteiger partial charge in [0, 0.05) is 37.8 Å². The fourth-order valence-corrected chi connectivity index (χ4v) is 2.76. The zero-order valence-corrected chi connectivity index (χ0v) is 17.3. The Balaban J connectivity index is 1.70. The summed E-state index contributed by atoms with van der Waals surface area (Å²) in [6.45, 7) is 0.228. The Morgan fingerprint density at radius 3 is 2.23 bits per heavy atom. The molecule has 0 bridgehead atoms. The van der Waals surface area contributed by atoms with Crippen molar-refractivity contribution in [2.75, 3.05) is 14.1 Å². The predicted octanol–water partition coefficient (Wildman–Crippen LogP) is 3.07. The van der Waals surface area contributed by atoms with E-state index in [0.29, 0.717) is 16.9 Å². The van der Waals surface area contributed by atoms with Crippen LogP contribution in [0.4, 0.5) is 0 Å². The molecule has 3 aromatic rings. The molecule has 7 nitrogen and oxygen atoms in total. The van der Waals surface area contributed by atoms with E-state index in [-0.39, 0.29) is 18.1 Å². The van der Waals surface area contributed by atoms with E-state index < -0.39 is 11.8 Å². The molecule has 2 aromatic carbocycles. The molecule has 7 heteroatoms. The van der Waals surface area contributed by atoms with Crippen LogP contribution in [0.15, 0.2) is 83.1 Å². The molecule has 0 aliphatic rings. The van der Waals surface area contributed by atoms with Crippen molar-refractivity contribution in [1.82, 2.24) is 15.5 Å².